The molecule has 0 aromatic carbocycles. The molecule has 6 heteroatoms. The fraction of sp³-hybridized carbons (Fsp3) is 0.214. The van der Waals surface area contributed by atoms with Crippen LogP contribution in [-0.2, 0) is 17.8 Å². The van der Waals surface area contributed by atoms with E-state index in [2.05, 4.69) is 15.0 Å². The lowest BCUT2D eigenvalue weighted by atomic mass is 10.1. The Morgan fingerprint density at radius 1 is 1.40 bits per heavy atom. The Morgan fingerprint density at radius 3 is 3.30 bits per heavy atom. The molecule has 0 unspecified atom stereocenters. The third-order valence-corrected chi connectivity index (χ3v) is 4.26. The van der Waals surface area contributed by atoms with Crippen LogP contribution in [0.25, 0.3) is 21.6 Å². The van der Waals surface area contributed by atoms with Crippen LogP contribution in [0, 0.1) is 0 Å². The summed E-state index contributed by atoms with van der Waals surface area (Å²) in [5.74, 6) is 0.582. The van der Waals surface area contributed by atoms with E-state index in [4.69, 9.17) is 4.74 Å². The zero-order chi connectivity index (χ0) is 13.5. The highest BCUT2D eigenvalue weighted by molar-refractivity contribution is 7.17. The molecule has 0 fully saturated rings. The third kappa shape index (κ3) is 1.85. The minimum atomic E-state index is -0.115. The lowest BCUT2D eigenvalue weighted by Gasteiger charge is -2.15. The van der Waals surface area contributed by atoms with E-state index in [-0.39, 0.29) is 5.56 Å². The largest absolute Gasteiger partial charge is 0.376 e. The van der Waals surface area contributed by atoms with E-state index in [0.29, 0.717) is 31.0 Å². The van der Waals surface area contributed by atoms with Crippen molar-refractivity contribution in [1.29, 1.82) is 0 Å². The van der Waals surface area contributed by atoms with Gasteiger partial charge in [-0.1, -0.05) is 0 Å². The van der Waals surface area contributed by atoms with Gasteiger partial charge in [-0.05, 0) is 17.5 Å². The minimum Gasteiger partial charge on any atom is -0.376 e. The predicted molar refractivity (Wildman–Crippen MR) is 76.8 cm³/mol. The van der Waals surface area contributed by atoms with Gasteiger partial charge in [0.2, 0.25) is 0 Å². The van der Waals surface area contributed by atoms with Gasteiger partial charge in [-0.2, -0.15) is 0 Å². The second-order valence-electron chi connectivity index (χ2n) is 4.67. The quantitative estimate of drug-likeness (QED) is 0.743. The van der Waals surface area contributed by atoms with Crippen LogP contribution < -0.4 is 5.56 Å². The second kappa shape index (κ2) is 4.50. The van der Waals surface area contributed by atoms with Crippen molar-refractivity contribution in [2.24, 2.45) is 0 Å². The number of hydrogen-bond acceptors (Lipinski definition) is 5. The van der Waals surface area contributed by atoms with Gasteiger partial charge in [-0.25, -0.2) is 4.98 Å². The molecule has 100 valence electrons. The highest BCUT2D eigenvalue weighted by Crippen LogP contribution is 2.24. The van der Waals surface area contributed by atoms with Crippen LogP contribution in [0.3, 0.4) is 0 Å². The van der Waals surface area contributed by atoms with Crippen LogP contribution in [0.4, 0.5) is 0 Å². The van der Waals surface area contributed by atoms with Gasteiger partial charge in [0.1, 0.15) is 5.82 Å². The molecule has 0 spiro atoms. The molecule has 0 atom stereocenters. The molecule has 0 radical (unpaired) electrons. The molecule has 0 bridgehead atoms. The molecule has 1 aliphatic rings. The Hall–Kier alpha value is -2.05. The molecule has 0 amide bonds. The number of aromatic amines is 1. The molecular formula is C14H11N3O2S. The van der Waals surface area contributed by atoms with Crippen LogP contribution in [0.1, 0.15) is 11.3 Å². The van der Waals surface area contributed by atoms with Crippen LogP contribution in [-0.4, -0.2) is 21.6 Å². The number of ether oxygens (including phenoxy) is 1. The fourth-order valence-electron chi connectivity index (χ4n) is 2.36. The molecule has 4 rings (SSSR count). The monoisotopic (exact) mass is 285 g/mol. The summed E-state index contributed by atoms with van der Waals surface area (Å²) in [7, 11) is 0. The van der Waals surface area contributed by atoms with E-state index >= 15 is 0 Å². The van der Waals surface area contributed by atoms with Gasteiger partial charge < -0.3 is 9.72 Å². The second-order valence-corrected chi connectivity index (χ2v) is 5.62. The number of pyridine rings is 1. The number of rotatable bonds is 1. The van der Waals surface area contributed by atoms with Gasteiger partial charge in [0.25, 0.3) is 5.56 Å². The van der Waals surface area contributed by atoms with Gasteiger partial charge in [0.05, 0.1) is 34.7 Å². The number of nitrogens with one attached hydrogen (secondary N) is 1. The van der Waals surface area contributed by atoms with E-state index in [1.807, 2.05) is 17.5 Å². The molecule has 20 heavy (non-hydrogen) atoms. The maximum Gasteiger partial charge on any atom is 0.256 e. The average Bonchev–Trinajstić information content (AvgIpc) is 2.94. The molecule has 3 aromatic rings. The molecule has 0 aliphatic carbocycles. The first kappa shape index (κ1) is 11.7. The Bertz CT molecular complexity index is 853. The van der Waals surface area contributed by atoms with Gasteiger partial charge in [0.15, 0.2) is 0 Å². The topological polar surface area (TPSA) is 67.9 Å². The summed E-state index contributed by atoms with van der Waals surface area (Å²) in [5.41, 5.74) is 3.17. The van der Waals surface area contributed by atoms with Crippen LogP contribution in [0.5, 0.6) is 0 Å². The van der Waals surface area contributed by atoms with Crippen molar-refractivity contribution in [3.05, 3.63) is 45.3 Å². The normalized spacial score (nSPS) is 14.4. The van der Waals surface area contributed by atoms with Crippen molar-refractivity contribution in [1.82, 2.24) is 15.0 Å². The number of hydrogen-bond donors (Lipinski definition) is 1. The van der Waals surface area contributed by atoms with Crippen molar-refractivity contribution in [3.8, 4) is 11.4 Å². The summed E-state index contributed by atoms with van der Waals surface area (Å²) in [6.45, 7) is 0.964. The van der Waals surface area contributed by atoms with Gasteiger partial charge in [-0.3, -0.25) is 9.78 Å². The highest BCUT2D eigenvalue weighted by Gasteiger charge is 2.16. The zero-order valence-electron chi connectivity index (χ0n) is 10.5. The lowest BCUT2D eigenvalue weighted by molar-refractivity contribution is 0.108. The van der Waals surface area contributed by atoms with Crippen molar-refractivity contribution in [3.63, 3.8) is 0 Å². The summed E-state index contributed by atoms with van der Waals surface area (Å²) < 4.78 is 6.39. The highest BCUT2D eigenvalue weighted by atomic mass is 32.1. The van der Waals surface area contributed by atoms with Crippen LogP contribution in [0.2, 0.25) is 0 Å². The van der Waals surface area contributed by atoms with E-state index in [0.717, 1.165) is 21.5 Å². The molecule has 0 saturated carbocycles. The Balaban J connectivity index is 1.89. The van der Waals surface area contributed by atoms with Crippen molar-refractivity contribution >= 4 is 21.6 Å². The van der Waals surface area contributed by atoms with Crippen molar-refractivity contribution < 1.29 is 4.74 Å². The molecule has 1 aliphatic heterocycles. The Morgan fingerprint density at radius 2 is 2.35 bits per heavy atom. The number of fused-ring (bicyclic) bond motifs is 2. The summed E-state index contributed by atoms with van der Waals surface area (Å²) in [6.07, 6.45) is 2.43. The SMILES string of the molecule is O=c1[nH]c(-c2cnc3ccsc3c2)nc2c1COCC2. The maximum atomic E-state index is 12.1. The maximum absolute atomic E-state index is 12.1. The average molecular weight is 285 g/mol. The minimum absolute atomic E-state index is 0.115. The molecule has 3 aromatic heterocycles. The molecule has 1 N–H and O–H groups in total. The van der Waals surface area contributed by atoms with Crippen molar-refractivity contribution in [2.75, 3.05) is 6.61 Å². The number of thiophene rings is 1. The fourth-order valence-corrected chi connectivity index (χ4v) is 3.14. The molecule has 0 saturated heterocycles. The van der Waals surface area contributed by atoms with Gasteiger partial charge in [0, 0.05) is 18.2 Å². The third-order valence-electron chi connectivity index (χ3n) is 3.41. The van der Waals surface area contributed by atoms with Crippen molar-refractivity contribution in [2.45, 2.75) is 13.0 Å². The molecule has 5 nitrogen and oxygen atoms in total. The van der Waals surface area contributed by atoms with E-state index < -0.39 is 0 Å². The Kier molecular flexibility index (Phi) is 2.64. The van der Waals surface area contributed by atoms with Crippen LogP contribution in [0.15, 0.2) is 28.5 Å². The van der Waals surface area contributed by atoms with Gasteiger partial charge >= 0.3 is 0 Å². The van der Waals surface area contributed by atoms with E-state index in [9.17, 15) is 4.79 Å². The smallest absolute Gasteiger partial charge is 0.256 e. The lowest BCUT2D eigenvalue weighted by Crippen LogP contribution is -2.24. The first-order valence-electron chi connectivity index (χ1n) is 6.35. The number of H-pyrrole nitrogens is 1. The first-order valence-corrected chi connectivity index (χ1v) is 7.23. The Labute approximate surface area is 118 Å². The standard InChI is InChI=1S/C14H11N3O2S/c18-14-9-7-19-3-1-10(9)16-13(17-14)8-5-12-11(15-6-8)2-4-20-12/h2,4-6H,1,3,7H2,(H,16,17,18). The van der Waals surface area contributed by atoms with Gasteiger partial charge in [-0.15, -0.1) is 11.3 Å². The molecular weight excluding hydrogens is 274 g/mol. The first-order chi connectivity index (χ1) is 9.81. The number of nitrogens with zero attached hydrogens (tertiary/aromatic N) is 2. The summed E-state index contributed by atoms with van der Waals surface area (Å²) in [5, 5.41) is 2.00. The number of aromatic nitrogens is 3. The predicted octanol–water partition coefficient (Wildman–Crippen LogP) is 2.12. The zero-order valence-corrected chi connectivity index (χ0v) is 11.4. The van der Waals surface area contributed by atoms with E-state index in [1.54, 1.807) is 17.5 Å². The molecule has 4 heterocycles. The summed E-state index contributed by atoms with van der Waals surface area (Å²) >= 11 is 1.63. The summed E-state index contributed by atoms with van der Waals surface area (Å²) in [6, 6.07) is 3.99. The summed E-state index contributed by atoms with van der Waals surface area (Å²) in [4.78, 5) is 23.9. The van der Waals surface area contributed by atoms with Crippen LogP contribution >= 0.6 is 11.3 Å². The van der Waals surface area contributed by atoms with E-state index in [1.165, 1.54) is 0 Å².